The highest BCUT2D eigenvalue weighted by Crippen LogP contribution is 2.23. The third kappa shape index (κ3) is 4.66. The van der Waals surface area contributed by atoms with E-state index in [1.165, 1.54) is 16.4 Å². The van der Waals surface area contributed by atoms with Crippen LogP contribution in [0.15, 0.2) is 83.8 Å². The van der Waals surface area contributed by atoms with Gasteiger partial charge < -0.3 is 5.32 Å². The van der Waals surface area contributed by atoms with Crippen molar-refractivity contribution in [1.82, 2.24) is 5.32 Å². The van der Waals surface area contributed by atoms with E-state index in [9.17, 15) is 13.2 Å². The number of nitrogens with zero attached hydrogens (tertiary/aromatic N) is 1. The van der Waals surface area contributed by atoms with Crippen molar-refractivity contribution in [3.05, 3.63) is 95.6 Å². The zero-order chi connectivity index (χ0) is 20.9. The summed E-state index contributed by atoms with van der Waals surface area (Å²) in [6.45, 7) is 4.44. The first-order valence-electron chi connectivity index (χ1n) is 9.44. The fourth-order valence-electron chi connectivity index (χ4n) is 3.10. The van der Waals surface area contributed by atoms with Crippen molar-refractivity contribution in [1.29, 1.82) is 0 Å². The Morgan fingerprint density at radius 3 is 2.31 bits per heavy atom. The molecule has 150 valence electrons. The maximum atomic E-state index is 13.2. The van der Waals surface area contributed by atoms with Gasteiger partial charge in [-0.05, 0) is 55.3 Å². The Morgan fingerprint density at radius 2 is 1.62 bits per heavy atom. The normalized spacial score (nSPS) is 11.1. The second-order valence-electron chi connectivity index (χ2n) is 6.64. The quantitative estimate of drug-likeness (QED) is 0.639. The molecule has 3 aromatic carbocycles. The van der Waals surface area contributed by atoms with Crippen molar-refractivity contribution < 1.29 is 13.2 Å². The smallest absolute Gasteiger partial charge is 0.264 e. The first-order chi connectivity index (χ1) is 13.9. The number of anilines is 1. The van der Waals surface area contributed by atoms with Crippen LogP contribution in [0.5, 0.6) is 0 Å². The van der Waals surface area contributed by atoms with Gasteiger partial charge in [0.1, 0.15) is 0 Å². The number of sulfonamides is 1. The number of hydrogen-bond donors (Lipinski definition) is 1. The highest BCUT2D eigenvalue weighted by molar-refractivity contribution is 7.92. The summed E-state index contributed by atoms with van der Waals surface area (Å²) in [6.07, 6.45) is 0. The van der Waals surface area contributed by atoms with Gasteiger partial charge in [-0.25, -0.2) is 8.42 Å². The third-order valence-electron chi connectivity index (χ3n) is 4.72. The summed E-state index contributed by atoms with van der Waals surface area (Å²) in [7, 11) is -3.78. The molecule has 0 unspecified atom stereocenters. The van der Waals surface area contributed by atoms with Crippen molar-refractivity contribution in [2.45, 2.75) is 25.3 Å². The van der Waals surface area contributed by atoms with Gasteiger partial charge in [-0.15, -0.1) is 0 Å². The third-order valence-corrected chi connectivity index (χ3v) is 6.62. The number of hydrogen-bond acceptors (Lipinski definition) is 3. The Balaban J connectivity index is 1.82. The highest BCUT2D eigenvalue weighted by atomic mass is 32.2. The predicted molar refractivity (Wildman–Crippen MR) is 115 cm³/mol. The lowest BCUT2D eigenvalue weighted by atomic mass is 10.1. The monoisotopic (exact) mass is 408 g/mol. The molecule has 0 aliphatic rings. The molecule has 0 aliphatic carbocycles. The van der Waals surface area contributed by atoms with E-state index in [2.05, 4.69) is 5.32 Å². The standard InChI is InChI=1S/C23H24N2O3S/c1-3-25(21-13-5-4-6-14-21)29(27,28)22-15-9-12-19(16-22)23(26)24-17-20-11-8-7-10-18(20)2/h4-16H,3,17H2,1-2H3,(H,24,26). The van der Waals surface area contributed by atoms with E-state index in [4.69, 9.17) is 0 Å². The van der Waals surface area contributed by atoms with Crippen LogP contribution < -0.4 is 9.62 Å². The second-order valence-corrected chi connectivity index (χ2v) is 8.50. The zero-order valence-corrected chi connectivity index (χ0v) is 17.3. The highest BCUT2D eigenvalue weighted by Gasteiger charge is 2.24. The Hall–Kier alpha value is -3.12. The van der Waals surface area contributed by atoms with E-state index in [0.717, 1.165) is 11.1 Å². The topological polar surface area (TPSA) is 66.5 Å². The molecule has 6 heteroatoms. The number of aryl methyl sites for hydroxylation is 1. The van der Waals surface area contributed by atoms with Crippen LogP contribution in [0.2, 0.25) is 0 Å². The average Bonchev–Trinajstić information content (AvgIpc) is 2.74. The van der Waals surface area contributed by atoms with Crippen LogP contribution in [0.25, 0.3) is 0 Å². The maximum absolute atomic E-state index is 13.2. The molecule has 0 atom stereocenters. The summed E-state index contributed by atoms with van der Waals surface area (Å²) in [5.74, 6) is -0.312. The van der Waals surface area contributed by atoms with Crippen LogP contribution in [0.1, 0.15) is 28.4 Å². The first kappa shape index (κ1) is 20.6. The predicted octanol–water partition coefficient (Wildman–Crippen LogP) is 4.14. The molecular weight excluding hydrogens is 384 g/mol. The van der Waals surface area contributed by atoms with E-state index >= 15 is 0 Å². The van der Waals surface area contributed by atoms with Crippen molar-refractivity contribution >= 4 is 21.6 Å². The van der Waals surface area contributed by atoms with Gasteiger partial charge in [0.15, 0.2) is 0 Å². The molecule has 0 bridgehead atoms. The molecule has 0 heterocycles. The lowest BCUT2D eigenvalue weighted by Gasteiger charge is -2.23. The van der Waals surface area contributed by atoms with E-state index in [1.54, 1.807) is 43.3 Å². The summed E-state index contributed by atoms with van der Waals surface area (Å²) < 4.78 is 27.6. The van der Waals surface area contributed by atoms with Crippen molar-refractivity contribution in [3.63, 3.8) is 0 Å². The lowest BCUT2D eigenvalue weighted by molar-refractivity contribution is 0.0950. The Bertz CT molecular complexity index is 1100. The van der Waals surface area contributed by atoms with Crippen molar-refractivity contribution in [3.8, 4) is 0 Å². The van der Waals surface area contributed by atoms with Gasteiger partial charge in [-0.3, -0.25) is 9.10 Å². The minimum Gasteiger partial charge on any atom is -0.348 e. The number of para-hydroxylation sites is 1. The van der Waals surface area contributed by atoms with Crippen LogP contribution in [0, 0.1) is 6.92 Å². The molecule has 0 fully saturated rings. The van der Waals surface area contributed by atoms with E-state index < -0.39 is 10.0 Å². The van der Waals surface area contributed by atoms with Crippen molar-refractivity contribution in [2.75, 3.05) is 10.8 Å². The average molecular weight is 409 g/mol. The molecule has 1 N–H and O–H groups in total. The molecule has 29 heavy (non-hydrogen) atoms. The number of amides is 1. The molecule has 3 aromatic rings. The molecule has 0 saturated heterocycles. The minimum atomic E-state index is -3.78. The first-order valence-corrected chi connectivity index (χ1v) is 10.9. The van der Waals surface area contributed by atoms with Crippen molar-refractivity contribution in [2.24, 2.45) is 0 Å². The lowest BCUT2D eigenvalue weighted by Crippen LogP contribution is -2.31. The molecule has 0 aromatic heterocycles. The van der Waals surface area contributed by atoms with E-state index in [0.29, 0.717) is 17.8 Å². The number of nitrogens with one attached hydrogen (secondary N) is 1. The van der Waals surface area contributed by atoms with Gasteiger partial charge in [-0.2, -0.15) is 0 Å². The molecule has 0 radical (unpaired) electrons. The molecule has 1 amide bonds. The Labute approximate surface area is 172 Å². The minimum absolute atomic E-state index is 0.0896. The van der Waals surface area contributed by atoms with E-state index in [1.807, 2.05) is 37.3 Å². The summed E-state index contributed by atoms with van der Waals surface area (Å²) in [4.78, 5) is 12.7. The van der Waals surface area contributed by atoms with Crippen LogP contribution in [-0.4, -0.2) is 20.9 Å². The SMILES string of the molecule is CCN(c1ccccc1)S(=O)(=O)c1cccc(C(=O)NCc2ccccc2C)c1. The summed E-state index contributed by atoms with van der Waals surface area (Å²) in [6, 6.07) is 22.9. The molecule has 5 nitrogen and oxygen atoms in total. The molecule has 0 aliphatic heterocycles. The Kier molecular flexibility index (Phi) is 6.34. The van der Waals surface area contributed by atoms with Gasteiger partial charge in [0, 0.05) is 18.7 Å². The largest absolute Gasteiger partial charge is 0.348 e. The summed E-state index contributed by atoms with van der Waals surface area (Å²) >= 11 is 0. The zero-order valence-electron chi connectivity index (χ0n) is 16.5. The maximum Gasteiger partial charge on any atom is 0.264 e. The molecule has 0 saturated carbocycles. The Morgan fingerprint density at radius 1 is 0.931 bits per heavy atom. The van der Waals surface area contributed by atoms with Gasteiger partial charge in [0.05, 0.1) is 10.6 Å². The van der Waals surface area contributed by atoms with Crippen LogP contribution >= 0.6 is 0 Å². The number of carbonyl (C=O) groups is 1. The van der Waals surface area contributed by atoms with Crippen LogP contribution in [-0.2, 0) is 16.6 Å². The van der Waals surface area contributed by atoms with Gasteiger partial charge in [0.25, 0.3) is 15.9 Å². The van der Waals surface area contributed by atoms with Gasteiger partial charge in [-0.1, -0.05) is 48.5 Å². The second kappa shape index (κ2) is 8.92. The van der Waals surface area contributed by atoms with Crippen LogP contribution in [0.4, 0.5) is 5.69 Å². The fraction of sp³-hybridized carbons (Fsp3) is 0.174. The summed E-state index contributed by atoms with van der Waals surface area (Å²) in [5, 5.41) is 2.86. The van der Waals surface area contributed by atoms with Crippen LogP contribution in [0.3, 0.4) is 0 Å². The molecule has 3 rings (SSSR count). The molecule has 0 spiro atoms. The number of carbonyl (C=O) groups excluding carboxylic acids is 1. The number of rotatable bonds is 7. The van der Waals surface area contributed by atoms with Gasteiger partial charge in [0.2, 0.25) is 0 Å². The fourth-order valence-corrected chi connectivity index (χ4v) is 4.62. The molecular formula is C23H24N2O3S. The van der Waals surface area contributed by atoms with Gasteiger partial charge >= 0.3 is 0 Å². The van der Waals surface area contributed by atoms with E-state index in [-0.39, 0.29) is 17.3 Å². The number of benzene rings is 3. The summed E-state index contributed by atoms with van der Waals surface area (Å²) in [5.41, 5.74) is 3.00.